The van der Waals surface area contributed by atoms with Crippen LogP contribution in [0.15, 0.2) is 12.3 Å². The molecule has 0 aromatic rings. The Balaban J connectivity index is 3.55. The van der Waals surface area contributed by atoms with Gasteiger partial charge in [-0.1, -0.05) is 6.58 Å². The van der Waals surface area contributed by atoms with Crippen LogP contribution in [-0.4, -0.2) is 11.0 Å². The van der Waals surface area contributed by atoms with Gasteiger partial charge in [0.2, 0.25) is 0 Å². The molecule has 0 spiro atoms. The summed E-state index contributed by atoms with van der Waals surface area (Å²) < 4.78 is 23.5. The van der Waals surface area contributed by atoms with Gasteiger partial charge < -0.3 is 5.11 Å². The summed E-state index contributed by atoms with van der Waals surface area (Å²) in [5.74, 6) is -3.30. The fraction of sp³-hybridized carbons (Fsp3) is 0.600. The number of hydrogen-bond acceptors (Lipinski definition) is 1. The summed E-state index contributed by atoms with van der Waals surface area (Å²) >= 11 is 0. The smallest absolute Gasteiger partial charge is 0.252 e. The topological polar surface area (TPSA) is 20.2 Å². The lowest BCUT2D eigenvalue weighted by atomic mass is 10.2. The van der Waals surface area contributed by atoms with Crippen molar-refractivity contribution in [1.82, 2.24) is 0 Å². The standard InChI is InChI=1S/C5H8F2O/c1-4(8)3-5(2,6)7/h8H,1,3H2,2H3. The first-order valence-corrected chi connectivity index (χ1v) is 2.16. The summed E-state index contributed by atoms with van der Waals surface area (Å²) in [6, 6.07) is 0. The minimum absolute atomic E-state index is 0.475. The summed E-state index contributed by atoms with van der Waals surface area (Å²) in [4.78, 5) is 0. The van der Waals surface area contributed by atoms with Crippen molar-refractivity contribution in [3.63, 3.8) is 0 Å². The number of hydrogen-bond donors (Lipinski definition) is 1. The summed E-state index contributed by atoms with van der Waals surface area (Å²) in [6.45, 7) is 3.65. The Kier molecular flexibility index (Phi) is 1.95. The minimum atomic E-state index is -2.83. The van der Waals surface area contributed by atoms with Gasteiger partial charge in [-0.2, -0.15) is 0 Å². The normalized spacial score (nSPS) is 11.4. The Bertz CT molecular complexity index is 93.1. The molecule has 0 aromatic heterocycles. The van der Waals surface area contributed by atoms with Gasteiger partial charge in [0.25, 0.3) is 5.92 Å². The van der Waals surface area contributed by atoms with Crippen LogP contribution in [0, 0.1) is 0 Å². The average Bonchev–Trinajstić information content (AvgIpc) is 1.21. The first-order chi connectivity index (χ1) is 3.42. The molecule has 0 atom stereocenters. The van der Waals surface area contributed by atoms with Crippen molar-refractivity contribution in [2.75, 3.05) is 0 Å². The van der Waals surface area contributed by atoms with Gasteiger partial charge >= 0.3 is 0 Å². The molecule has 0 amide bonds. The van der Waals surface area contributed by atoms with Crippen LogP contribution in [0.5, 0.6) is 0 Å². The molecule has 3 heteroatoms. The Hall–Kier alpha value is -0.600. The lowest BCUT2D eigenvalue weighted by molar-refractivity contribution is 0.0132. The second-order valence-electron chi connectivity index (χ2n) is 1.81. The number of alkyl halides is 2. The molecule has 0 aliphatic carbocycles. The van der Waals surface area contributed by atoms with Crippen LogP contribution in [0.25, 0.3) is 0 Å². The molecule has 48 valence electrons. The van der Waals surface area contributed by atoms with E-state index >= 15 is 0 Å². The molecule has 0 fully saturated rings. The molecule has 0 bridgehead atoms. The second kappa shape index (κ2) is 2.11. The molecule has 1 nitrogen and oxygen atoms in total. The monoisotopic (exact) mass is 122 g/mol. The molecule has 0 aliphatic heterocycles. The first kappa shape index (κ1) is 7.40. The molecule has 0 saturated carbocycles. The Morgan fingerprint density at radius 2 is 2.12 bits per heavy atom. The zero-order chi connectivity index (χ0) is 6.78. The van der Waals surface area contributed by atoms with E-state index in [0.717, 1.165) is 6.92 Å². The van der Waals surface area contributed by atoms with Crippen molar-refractivity contribution in [1.29, 1.82) is 0 Å². The van der Waals surface area contributed by atoms with Gasteiger partial charge in [-0.25, -0.2) is 8.78 Å². The van der Waals surface area contributed by atoms with Crippen LogP contribution in [0.4, 0.5) is 8.78 Å². The van der Waals surface area contributed by atoms with E-state index in [1.54, 1.807) is 0 Å². The van der Waals surface area contributed by atoms with E-state index in [1.165, 1.54) is 0 Å². The Morgan fingerprint density at radius 3 is 2.12 bits per heavy atom. The quantitative estimate of drug-likeness (QED) is 0.556. The summed E-state index contributed by atoms with van der Waals surface area (Å²) in [5.41, 5.74) is 0. The zero-order valence-electron chi connectivity index (χ0n) is 4.62. The predicted octanol–water partition coefficient (Wildman–Crippen LogP) is 2.10. The highest BCUT2D eigenvalue weighted by molar-refractivity contribution is 4.84. The highest BCUT2D eigenvalue weighted by Gasteiger charge is 2.21. The fourth-order valence-electron chi connectivity index (χ4n) is 0.358. The largest absolute Gasteiger partial charge is 0.513 e. The van der Waals surface area contributed by atoms with Crippen molar-refractivity contribution >= 4 is 0 Å². The third kappa shape index (κ3) is 5.40. The number of halogens is 2. The molecule has 0 aliphatic rings. The fourth-order valence-corrected chi connectivity index (χ4v) is 0.358. The lowest BCUT2D eigenvalue weighted by Gasteiger charge is -2.06. The first-order valence-electron chi connectivity index (χ1n) is 2.16. The zero-order valence-corrected chi connectivity index (χ0v) is 4.62. The van der Waals surface area contributed by atoms with Gasteiger partial charge in [0.05, 0.1) is 12.2 Å². The Morgan fingerprint density at radius 1 is 1.75 bits per heavy atom. The Labute approximate surface area is 46.6 Å². The van der Waals surface area contributed by atoms with Gasteiger partial charge in [0.1, 0.15) is 0 Å². The van der Waals surface area contributed by atoms with Crippen molar-refractivity contribution < 1.29 is 13.9 Å². The highest BCUT2D eigenvalue weighted by Crippen LogP contribution is 2.19. The van der Waals surface area contributed by atoms with E-state index in [0.29, 0.717) is 0 Å². The molecule has 0 saturated heterocycles. The molecule has 0 radical (unpaired) electrons. The van der Waals surface area contributed by atoms with Crippen LogP contribution in [0.1, 0.15) is 13.3 Å². The molecule has 0 unspecified atom stereocenters. The maximum atomic E-state index is 11.8. The number of aliphatic hydroxyl groups is 1. The molecule has 0 aromatic carbocycles. The van der Waals surface area contributed by atoms with Crippen LogP contribution in [-0.2, 0) is 0 Å². The van der Waals surface area contributed by atoms with E-state index in [9.17, 15) is 8.78 Å². The van der Waals surface area contributed by atoms with Crippen LogP contribution >= 0.6 is 0 Å². The van der Waals surface area contributed by atoms with E-state index in [2.05, 4.69) is 6.58 Å². The van der Waals surface area contributed by atoms with E-state index < -0.39 is 18.1 Å². The van der Waals surface area contributed by atoms with Crippen LogP contribution < -0.4 is 0 Å². The van der Waals surface area contributed by atoms with Gasteiger partial charge in [0, 0.05) is 0 Å². The summed E-state index contributed by atoms with van der Waals surface area (Å²) in [5, 5.41) is 8.21. The van der Waals surface area contributed by atoms with Crippen molar-refractivity contribution in [2.24, 2.45) is 0 Å². The van der Waals surface area contributed by atoms with Crippen LogP contribution in [0.3, 0.4) is 0 Å². The summed E-state index contributed by atoms with van der Waals surface area (Å²) in [7, 11) is 0. The molecule has 1 N–H and O–H groups in total. The SMILES string of the molecule is C=C(O)CC(C)(F)F. The van der Waals surface area contributed by atoms with E-state index in [4.69, 9.17) is 5.11 Å². The summed E-state index contributed by atoms with van der Waals surface area (Å²) in [6.07, 6.45) is -0.646. The molecular weight excluding hydrogens is 114 g/mol. The lowest BCUT2D eigenvalue weighted by Crippen LogP contribution is -2.09. The third-order valence-electron chi connectivity index (χ3n) is 0.514. The van der Waals surface area contributed by atoms with E-state index in [-0.39, 0.29) is 0 Å². The predicted molar refractivity (Wildman–Crippen MR) is 27.0 cm³/mol. The van der Waals surface area contributed by atoms with Gasteiger partial charge in [-0.3, -0.25) is 0 Å². The maximum absolute atomic E-state index is 11.8. The van der Waals surface area contributed by atoms with Crippen molar-refractivity contribution in [3.05, 3.63) is 12.3 Å². The van der Waals surface area contributed by atoms with Gasteiger partial charge in [0.15, 0.2) is 0 Å². The number of allylic oxidation sites excluding steroid dienone is 1. The van der Waals surface area contributed by atoms with Gasteiger partial charge in [-0.05, 0) is 6.92 Å². The second-order valence-corrected chi connectivity index (χ2v) is 1.81. The molecule has 0 rings (SSSR count). The van der Waals surface area contributed by atoms with Crippen molar-refractivity contribution in [2.45, 2.75) is 19.3 Å². The van der Waals surface area contributed by atoms with E-state index in [1.807, 2.05) is 0 Å². The maximum Gasteiger partial charge on any atom is 0.252 e. The number of rotatable bonds is 2. The minimum Gasteiger partial charge on any atom is -0.513 e. The average molecular weight is 122 g/mol. The highest BCUT2D eigenvalue weighted by atomic mass is 19.3. The van der Waals surface area contributed by atoms with Gasteiger partial charge in [-0.15, -0.1) is 0 Å². The molecular formula is C5H8F2O. The third-order valence-corrected chi connectivity index (χ3v) is 0.514. The molecule has 0 heterocycles. The van der Waals surface area contributed by atoms with Crippen LogP contribution in [0.2, 0.25) is 0 Å². The number of aliphatic hydroxyl groups excluding tert-OH is 1. The molecule has 8 heavy (non-hydrogen) atoms. The van der Waals surface area contributed by atoms with Crippen molar-refractivity contribution in [3.8, 4) is 0 Å².